The van der Waals surface area contributed by atoms with Gasteiger partial charge in [-0.2, -0.15) is 5.26 Å². The summed E-state index contributed by atoms with van der Waals surface area (Å²) in [6.07, 6.45) is 3.76. The summed E-state index contributed by atoms with van der Waals surface area (Å²) >= 11 is 8.08. The van der Waals surface area contributed by atoms with Gasteiger partial charge in [0.1, 0.15) is 27.8 Å². The fourth-order valence-electron chi connectivity index (χ4n) is 4.73. The summed E-state index contributed by atoms with van der Waals surface area (Å²) in [5.74, 6) is 0.204. The van der Waals surface area contributed by atoms with Crippen LogP contribution >= 0.6 is 22.9 Å². The Labute approximate surface area is 229 Å². The SMILES string of the molecule is CNS(=O)c1ccc(CC(Nc2sc3c(c2C#N)CN(Cc2cc(O)ccc2Cl)C(C)C3)=C2CC2)cc1. The fourth-order valence-corrected chi connectivity index (χ4v) is 6.83. The molecule has 5 rings (SSSR count). The van der Waals surface area contributed by atoms with Gasteiger partial charge in [-0.05, 0) is 80.3 Å². The number of phenols is 1. The predicted molar refractivity (Wildman–Crippen MR) is 150 cm³/mol. The van der Waals surface area contributed by atoms with E-state index in [9.17, 15) is 14.6 Å². The number of nitrogens with zero attached hydrogens (tertiary/aromatic N) is 2. The van der Waals surface area contributed by atoms with Crippen molar-refractivity contribution in [2.45, 2.75) is 56.6 Å². The van der Waals surface area contributed by atoms with Gasteiger partial charge in [-0.1, -0.05) is 23.7 Å². The maximum Gasteiger partial charge on any atom is 0.124 e. The molecule has 6 nitrogen and oxygen atoms in total. The van der Waals surface area contributed by atoms with Crippen LogP contribution in [0.2, 0.25) is 5.02 Å². The Hall–Kier alpha value is -2.67. The summed E-state index contributed by atoms with van der Waals surface area (Å²) in [5.41, 5.74) is 6.39. The summed E-state index contributed by atoms with van der Waals surface area (Å²) in [7, 11) is 0.482. The van der Waals surface area contributed by atoms with E-state index >= 15 is 0 Å². The molecule has 2 unspecified atom stereocenters. The predicted octanol–water partition coefficient (Wildman–Crippen LogP) is 5.87. The molecule has 0 radical (unpaired) electrons. The summed E-state index contributed by atoms with van der Waals surface area (Å²) in [5, 5.41) is 25.3. The van der Waals surface area contributed by atoms with Crippen LogP contribution in [0.5, 0.6) is 5.75 Å². The van der Waals surface area contributed by atoms with E-state index in [1.165, 1.54) is 10.5 Å². The van der Waals surface area contributed by atoms with Crippen LogP contribution in [-0.2, 0) is 36.9 Å². The number of fused-ring (bicyclic) bond motifs is 1. The van der Waals surface area contributed by atoms with Crippen LogP contribution < -0.4 is 10.0 Å². The zero-order valence-electron chi connectivity index (χ0n) is 20.8. The minimum Gasteiger partial charge on any atom is -0.508 e. The highest BCUT2D eigenvalue weighted by atomic mass is 35.5. The number of hydrogen-bond donors (Lipinski definition) is 3. The van der Waals surface area contributed by atoms with Crippen LogP contribution in [-0.4, -0.2) is 27.3 Å². The Morgan fingerprint density at radius 3 is 2.70 bits per heavy atom. The van der Waals surface area contributed by atoms with E-state index < -0.39 is 11.0 Å². The number of rotatable bonds is 8. The van der Waals surface area contributed by atoms with E-state index in [0.717, 1.165) is 63.5 Å². The maximum atomic E-state index is 12.0. The van der Waals surface area contributed by atoms with Crippen molar-refractivity contribution in [1.82, 2.24) is 9.62 Å². The highest BCUT2D eigenvalue weighted by Gasteiger charge is 2.30. The third kappa shape index (κ3) is 5.77. The number of nitriles is 1. The average molecular weight is 553 g/mol. The van der Waals surface area contributed by atoms with Gasteiger partial charge in [-0.25, -0.2) is 8.93 Å². The van der Waals surface area contributed by atoms with Crippen molar-refractivity contribution in [2.75, 3.05) is 12.4 Å². The number of anilines is 1. The topological polar surface area (TPSA) is 88.4 Å². The van der Waals surface area contributed by atoms with E-state index in [1.807, 2.05) is 24.3 Å². The number of phenolic OH excluding ortho intramolecular Hbond substituents is 1. The van der Waals surface area contributed by atoms with E-state index in [4.69, 9.17) is 11.6 Å². The number of allylic oxidation sites excluding steroid dienone is 2. The number of thiophene rings is 1. The van der Waals surface area contributed by atoms with Crippen LogP contribution in [0, 0.1) is 11.3 Å². The molecule has 0 amide bonds. The molecule has 3 aromatic rings. The first kappa shape index (κ1) is 26.0. The van der Waals surface area contributed by atoms with Gasteiger partial charge in [-0.15, -0.1) is 11.3 Å². The Balaban J connectivity index is 1.36. The monoisotopic (exact) mass is 552 g/mol. The molecule has 2 atom stereocenters. The van der Waals surface area contributed by atoms with Gasteiger partial charge < -0.3 is 10.4 Å². The van der Waals surface area contributed by atoms with Gasteiger partial charge in [0.2, 0.25) is 0 Å². The molecule has 1 aliphatic carbocycles. The Morgan fingerprint density at radius 2 is 2.03 bits per heavy atom. The van der Waals surface area contributed by atoms with Crippen molar-refractivity contribution in [3.05, 3.63) is 85.9 Å². The van der Waals surface area contributed by atoms with Crippen molar-refractivity contribution >= 4 is 38.9 Å². The molecule has 1 fully saturated rings. The van der Waals surface area contributed by atoms with E-state index in [-0.39, 0.29) is 11.8 Å². The molecule has 1 saturated carbocycles. The fraction of sp³-hybridized carbons (Fsp3) is 0.321. The lowest BCUT2D eigenvalue weighted by Gasteiger charge is -2.33. The van der Waals surface area contributed by atoms with Gasteiger partial charge >= 0.3 is 0 Å². The lowest BCUT2D eigenvalue weighted by atomic mass is 9.99. The number of hydrogen-bond acceptors (Lipinski definition) is 6. The largest absolute Gasteiger partial charge is 0.508 e. The smallest absolute Gasteiger partial charge is 0.124 e. The third-order valence-electron chi connectivity index (χ3n) is 6.97. The lowest BCUT2D eigenvalue weighted by molar-refractivity contribution is 0.177. The van der Waals surface area contributed by atoms with E-state index in [2.05, 4.69) is 27.9 Å². The molecule has 0 bridgehead atoms. The number of benzene rings is 2. The van der Waals surface area contributed by atoms with Crippen LogP contribution in [0.1, 0.15) is 46.9 Å². The van der Waals surface area contributed by atoms with Crippen LogP contribution in [0.15, 0.2) is 58.6 Å². The Bertz CT molecular complexity index is 1420. The second-order valence-corrected chi connectivity index (χ2v) is 12.5. The molecule has 192 valence electrons. The zero-order valence-corrected chi connectivity index (χ0v) is 23.2. The molecule has 0 spiro atoms. The number of halogens is 1. The highest BCUT2D eigenvalue weighted by molar-refractivity contribution is 7.83. The molecular weight excluding hydrogens is 524 g/mol. The first-order valence-corrected chi connectivity index (χ1v) is 14.6. The van der Waals surface area contributed by atoms with Crippen LogP contribution in [0.3, 0.4) is 0 Å². The number of nitrogens with one attached hydrogen (secondary N) is 2. The summed E-state index contributed by atoms with van der Waals surface area (Å²) < 4.78 is 14.7. The van der Waals surface area contributed by atoms with Crippen molar-refractivity contribution in [2.24, 2.45) is 0 Å². The molecule has 2 aromatic carbocycles. The first-order chi connectivity index (χ1) is 17.9. The molecule has 9 heteroatoms. The van der Waals surface area contributed by atoms with Crippen molar-refractivity contribution in [3.8, 4) is 11.8 Å². The molecule has 0 saturated heterocycles. The Morgan fingerprint density at radius 1 is 1.27 bits per heavy atom. The standard InChI is InChI=1S/C28H29ClN4O2S2/c1-17-11-27-24(16-33(17)15-20-13-21(34)7-10-25(20)29)23(14-30)28(36-27)32-26(19-5-6-19)12-18-3-8-22(9-4-18)37(35)31-2/h3-4,7-10,13,17,31-32,34H,5-6,11-12,15-16H2,1-2H3. The molecule has 1 aromatic heterocycles. The normalized spacial score (nSPS) is 17.7. The van der Waals surface area contributed by atoms with Crippen molar-refractivity contribution in [1.29, 1.82) is 5.26 Å². The summed E-state index contributed by atoms with van der Waals surface area (Å²) in [6.45, 7) is 3.47. The van der Waals surface area contributed by atoms with Crippen LogP contribution in [0.4, 0.5) is 5.00 Å². The zero-order chi connectivity index (χ0) is 26.1. The second-order valence-electron chi connectivity index (χ2n) is 9.55. The van der Waals surface area contributed by atoms with Crippen molar-refractivity contribution in [3.63, 3.8) is 0 Å². The van der Waals surface area contributed by atoms with Gasteiger partial charge in [0.15, 0.2) is 0 Å². The third-order valence-corrected chi connectivity index (χ3v) is 9.58. The van der Waals surface area contributed by atoms with E-state index in [1.54, 1.807) is 36.6 Å². The minimum atomic E-state index is -1.20. The first-order valence-electron chi connectivity index (χ1n) is 12.3. The van der Waals surface area contributed by atoms with Gasteiger partial charge in [-0.3, -0.25) is 4.90 Å². The Kier molecular flexibility index (Phi) is 7.70. The van der Waals surface area contributed by atoms with E-state index in [0.29, 0.717) is 18.1 Å². The minimum absolute atomic E-state index is 0.204. The second kappa shape index (κ2) is 11.0. The van der Waals surface area contributed by atoms with Gasteiger partial charge in [0.25, 0.3) is 0 Å². The average Bonchev–Trinajstić information content (AvgIpc) is 3.69. The maximum absolute atomic E-state index is 12.0. The summed E-state index contributed by atoms with van der Waals surface area (Å²) in [4.78, 5) is 4.32. The number of aromatic hydroxyl groups is 1. The van der Waals surface area contributed by atoms with Crippen molar-refractivity contribution < 1.29 is 9.32 Å². The van der Waals surface area contributed by atoms with Crippen LogP contribution in [0.25, 0.3) is 0 Å². The molecule has 2 heterocycles. The van der Waals surface area contributed by atoms with Gasteiger partial charge in [0.05, 0.1) is 10.5 Å². The summed E-state index contributed by atoms with van der Waals surface area (Å²) in [6, 6.07) is 15.6. The molecule has 3 N–H and O–H groups in total. The van der Waals surface area contributed by atoms with Gasteiger partial charge in [0, 0.05) is 46.7 Å². The molecule has 37 heavy (non-hydrogen) atoms. The molecular formula is C28H29ClN4O2S2. The quantitative estimate of drug-likeness (QED) is 0.325. The lowest BCUT2D eigenvalue weighted by Crippen LogP contribution is -2.37. The molecule has 2 aliphatic rings. The highest BCUT2D eigenvalue weighted by Crippen LogP contribution is 2.41. The molecule has 1 aliphatic heterocycles.